The number of halogens is 2. The molecule has 0 aliphatic heterocycles. The monoisotopic (exact) mass is 272 g/mol. The number of benzene rings is 1. The molecule has 90 valence electrons. The summed E-state index contributed by atoms with van der Waals surface area (Å²) in [4.78, 5) is 22.9. The van der Waals surface area contributed by atoms with Gasteiger partial charge in [0, 0.05) is 11.5 Å². The molecule has 0 spiro atoms. The summed E-state index contributed by atoms with van der Waals surface area (Å²) in [5.74, 6) is -2.23. The van der Waals surface area contributed by atoms with Crippen molar-refractivity contribution in [2.24, 2.45) is 17.8 Å². The Bertz CT molecular complexity index is 499. The Morgan fingerprint density at radius 1 is 1.18 bits per heavy atom. The van der Waals surface area contributed by atoms with Crippen molar-refractivity contribution in [1.82, 2.24) is 0 Å². The smallest absolute Gasteiger partial charge is 0.307 e. The van der Waals surface area contributed by atoms with Crippen LogP contribution in [-0.2, 0) is 4.79 Å². The lowest BCUT2D eigenvalue weighted by Crippen LogP contribution is -2.08. The summed E-state index contributed by atoms with van der Waals surface area (Å²) < 4.78 is 0. The van der Waals surface area contributed by atoms with Crippen LogP contribution in [0.25, 0.3) is 0 Å². The Balaban J connectivity index is 2.22. The van der Waals surface area contributed by atoms with Gasteiger partial charge in [-0.1, -0.05) is 30.1 Å². The lowest BCUT2D eigenvalue weighted by molar-refractivity contribution is -0.139. The molecule has 17 heavy (non-hydrogen) atoms. The molecule has 1 aliphatic carbocycles. The summed E-state index contributed by atoms with van der Waals surface area (Å²) in [6.45, 7) is 1.76. The summed E-state index contributed by atoms with van der Waals surface area (Å²) in [7, 11) is 0. The molecule has 2 rings (SSSR count). The number of carboxylic acid groups (broad SMARTS) is 1. The van der Waals surface area contributed by atoms with Gasteiger partial charge in [0.2, 0.25) is 0 Å². The zero-order valence-electron chi connectivity index (χ0n) is 8.98. The van der Waals surface area contributed by atoms with E-state index < -0.39 is 17.8 Å². The van der Waals surface area contributed by atoms with Gasteiger partial charge in [0.1, 0.15) is 0 Å². The first-order chi connectivity index (χ1) is 7.93. The van der Waals surface area contributed by atoms with Gasteiger partial charge < -0.3 is 5.11 Å². The first kappa shape index (κ1) is 12.4. The molecule has 1 unspecified atom stereocenters. The molecule has 0 amide bonds. The molecule has 1 aliphatic rings. The van der Waals surface area contributed by atoms with E-state index in [2.05, 4.69) is 0 Å². The molecule has 1 fully saturated rings. The van der Waals surface area contributed by atoms with Crippen LogP contribution in [-0.4, -0.2) is 16.9 Å². The molecule has 5 heteroatoms. The molecule has 0 bridgehead atoms. The van der Waals surface area contributed by atoms with E-state index in [-0.39, 0.29) is 11.7 Å². The Morgan fingerprint density at radius 2 is 1.82 bits per heavy atom. The van der Waals surface area contributed by atoms with Gasteiger partial charge in [-0.05, 0) is 24.1 Å². The summed E-state index contributed by atoms with van der Waals surface area (Å²) in [6.07, 6.45) is 0. The molecule has 1 saturated carbocycles. The summed E-state index contributed by atoms with van der Waals surface area (Å²) in [5.41, 5.74) is 0.417. The van der Waals surface area contributed by atoms with Gasteiger partial charge in [-0.25, -0.2) is 0 Å². The molecule has 3 atom stereocenters. The normalized spacial score (nSPS) is 26.6. The molecular weight excluding hydrogens is 263 g/mol. The number of aliphatic carboxylic acids is 1. The Morgan fingerprint density at radius 3 is 2.29 bits per heavy atom. The molecule has 1 aromatic rings. The number of hydrogen-bond donors (Lipinski definition) is 1. The number of Topliss-reactive ketones (excluding diaryl/α,β-unsaturated/α-hetero) is 1. The van der Waals surface area contributed by atoms with E-state index in [1.807, 2.05) is 0 Å². The second-order valence-electron chi connectivity index (χ2n) is 4.24. The van der Waals surface area contributed by atoms with Crippen LogP contribution in [0.3, 0.4) is 0 Å². The number of carbonyl (C=O) groups excluding carboxylic acids is 1. The van der Waals surface area contributed by atoms with Crippen LogP contribution in [0.4, 0.5) is 0 Å². The second kappa shape index (κ2) is 4.31. The molecule has 0 aromatic heterocycles. The molecular formula is C12H10Cl2O3. The van der Waals surface area contributed by atoms with Crippen molar-refractivity contribution < 1.29 is 14.7 Å². The number of carboxylic acids is 1. The average Bonchev–Trinajstić information content (AvgIpc) is 2.93. The fraction of sp³-hybridized carbons (Fsp3) is 0.333. The highest BCUT2D eigenvalue weighted by molar-refractivity contribution is 6.42. The van der Waals surface area contributed by atoms with E-state index in [9.17, 15) is 9.59 Å². The standard InChI is InChI=1S/C12H10Cl2O3/c1-5-9(10(5)12(16)17)11(15)6-2-3-7(13)8(14)4-6/h2-5,9-10H,1H3,(H,16,17)/t5-,9+,10?/m0/s1. The zero-order valence-corrected chi connectivity index (χ0v) is 10.5. The van der Waals surface area contributed by atoms with Crippen LogP contribution in [0.1, 0.15) is 17.3 Å². The van der Waals surface area contributed by atoms with Gasteiger partial charge in [0.15, 0.2) is 5.78 Å². The van der Waals surface area contributed by atoms with Gasteiger partial charge in [0.25, 0.3) is 0 Å². The largest absolute Gasteiger partial charge is 0.481 e. The van der Waals surface area contributed by atoms with E-state index in [4.69, 9.17) is 28.3 Å². The van der Waals surface area contributed by atoms with Crippen LogP contribution in [0.5, 0.6) is 0 Å². The van der Waals surface area contributed by atoms with E-state index in [1.165, 1.54) is 6.07 Å². The van der Waals surface area contributed by atoms with E-state index in [0.29, 0.717) is 15.6 Å². The fourth-order valence-electron chi connectivity index (χ4n) is 2.08. The number of ketones is 1. The SMILES string of the molecule is C[C@@H]1C(C(=O)O)[C@@H]1C(=O)c1ccc(Cl)c(Cl)c1. The first-order valence-electron chi connectivity index (χ1n) is 5.15. The van der Waals surface area contributed by atoms with Crippen molar-refractivity contribution in [3.05, 3.63) is 33.8 Å². The average molecular weight is 273 g/mol. The lowest BCUT2D eigenvalue weighted by Gasteiger charge is -2.01. The van der Waals surface area contributed by atoms with Gasteiger partial charge >= 0.3 is 5.97 Å². The van der Waals surface area contributed by atoms with Crippen molar-refractivity contribution in [3.8, 4) is 0 Å². The van der Waals surface area contributed by atoms with Crippen molar-refractivity contribution in [2.75, 3.05) is 0 Å². The highest BCUT2D eigenvalue weighted by Gasteiger charge is 2.56. The quantitative estimate of drug-likeness (QED) is 0.861. The molecule has 1 N–H and O–H groups in total. The molecule has 3 nitrogen and oxygen atoms in total. The van der Waals surface area contributed by atoms with Gasteiger partial charge in [-0.15, -0.1) is 0 Å². The van der Waals surface area contributed by atoms with Gasteiger partial charge in [-0.2, -0.15) is 0 Å². The summed E-state index contributed by atoms with van der Waals surface area (Å²) >= 11 is 11.6. The third-order valence-corrected chi connectivity index (χ3v) is 3.91. The summed E-state index contributed by atoms with van der Waals surface area (Å²) in [5, 5.41) is 9.57. The molecule has 1 aromatic carbocycles. The minimum atomic E-state index is -0.920. The first-order valence-corrected chi connectivity index (χ1v) is 5.91. The van der Waals surface area contributed by atoms with Crippen LogP contribution >= 0.6 is 23.2 Å². The third kappa shape index (κ3) is 2.17. The predicted octanol–water partition coefficient (Wildman–Crippen LogP) is 3.14. The highest BCUT2D eigenvalue weighted by atomic mass is 35.5. The van der Waals surface area contributed by atoms with Crippen molar-refractivity contribution in [3.63, 3.8) is 0 Å². The zero-order chi connectivity index (χ0) is 12.7. The van der Waals surface area contributed by atoms with Crippen LogP contribution in [0, 0.1) is 17.8 Å². The van der Waals surface area contributed by atoms with E-state index in [0.717, 1.165) is 0 Å². The maximum Gasteiger partial charge on any atom is 0.307 e. The molecule has 0 radical (unpaired) electrons. The summed E-state index contributed by atoms with van der Waals surface area (Å²) in [6, 6.07) is 4.59. The minimum absolute atomic E-state index is 0.116. The Labute approximate surface area is 108 Å². The van der Waals surface area contributed by atoms with Gasteiger partial charge in [0.05, 0.1) is 16.0 Å². The number of carbonyl (C=O) groups is 2. The second-order valence-corrected chi connectivity index (χ2v) is 5.06. The van der Waals surface area contributed by atoms with E-state index >= 15 is 0 Å². The maximum absolute atomic E-state index is 12.0. The van der Waals surface area contributed by atoms with Crippen LogP contribution in [0.2, 0.25) is 10.0 Å². The Hall–Kier alpha value is -1.06. The molecule has 0 saturated heterocycles. The number of hydrogen-bond acceptors (Lipinski definition) is 2. The predicted molar refractivity (Wildman–Crippen MR) is 64.6 cm³/mol. The third-order valence-electron chi connectivity index (χ3n) is 3.17. The number of rotatable bonds is 3. The van der Waals surface area contributed by atoms with Crippen LogP contribution < -0.4 is 0 Å². The minimum Gasteiger partial charge on any atom is -0.481 e. The lowest BCUT2D eigenvalue weighted by atomic mass is 10.1. The molecule has 0 heterocycles. The maximum atomic E-state index is 12.0. The van der Waals surface area contributed by atoms with E-state index in [1.54, 1.807) is 19.1 Å². The fourth-order valence-corrected chi connectivity index (χ4v) is 2.38. The highest BCUT2D eigenvalue weighted by Crippen LogP contribution is 2.48. The van der Waals surface area contributed by atoms with Crippen molar-refractivity contribution >= 4 is 35.0 Å². The van der Waals surface area contributed by atoms with Gasteiger partial charge in [-0.3, -0.25) is 9.59 Å². The Kier molecular flexibility index (Phi) is 3.15. The van der Waals surface area contributed by atoms with Crippen molar-refractivity contribution in [1.29, 1.82) is 0 Å². The van der Waals surface area contributed by atoms with Crippen molar-refractivity contribution in [2.45, 2.75) is 6.92 Å². The topological polar surface area (TPSA) is 54.4 Å². The van der Waals surface area contributed by atoms with Crippen LogP contribution in [0.15, 0.2) is 18.2 Å².